The number of ether oxygens (including phenoxy) is 1. The van der Waals surface area contributed by atoms with Crippen LogP contribution in [0, 0.1) is 6.92 Å². The second kappa shape index (κ2) is 6.56. The maximum Gasteiger partial charge on any atom is 0.346 e. The Labute approximate surface area is 168 Å². The number of thiazole rings is 1. The Morgan fingerprint density at radius 2 is 1.93 bits per heavy atom. The second-order valence-electron chi connectivity index (χ2n) is 6.54. The van der Waals surface area contributed by atoms with Crippen LogP contribution in [0.1, 0.15) is 23.0 Å². The Hall–Kier alpha value is -3.45. The van der Waals surface area contributed by atoms with Crippen LogP contribution in [0.25, 0.3) is 42.7 Å². The number of esters is 1. The van der Waals surface area contributed by atoms with Crippen molar-refractivity contribution >= 4 is 49.5 Å². The number of para-hydroxylation sites is 1. The minimum atomic E-state index is -0.478. The largest absolute Gasteiger partial charge is 0.462 e. The lowest BCUT2D eigenvalue weighted by Crippen LogP contribution is -2.06. The molecule has 144 valence electrons. The lowest BCUT2D eigenvalue weighted by atomic mass is 10.0. The van der Waals surface area contributed by atoms with Gasteiger partial charge in [-0.1, -0.05) is 12.1 Å². The molecule has 5 aromatic rings. The Morgan fingerprint density at radius 3 is 2.72 bits per heavy atom. The van der Waals surface area contributed by atoms with E-state index in [1.54, 1.807) is 32.0 Å². The molecule has 29 heavy (non-hydrogen) atoms. The van der Waals surface area contributed by atoms with E-state index in [0.717, 1.165) is 10.2 Å². The first-order valence-corrected chi connectivity index (χ1v) is 9.91. The maximum atomic E-state index is 12.7. The highest BCUT2D eigenvalue weighted by molar-refractivity contribution is 7.21. The van der Waals surface area contributed by atoms with E-state index in [1.165, 1.54) is 11.3 Å². The predicted octanol–water partition coefficient (Wildman–Crippen LogP) is 5.30. The van der Waals surface area contributed by atoms with Crippen LogP contribution >= 0.6 is 11.3 Å². The van der Waals surface area contributed by atoms with Crippen LogP contribution in [0.3, 0.4) is 0 Å². The van der Waals surface area contributed by atoms with Gasteiger partial charge in [-0.2, -0.15) is 0 Å². The molecule has 0 radical (unpaired) electrons. The molecular formula is C22H15NO5S. The molecule has 6 nitrogen and oxygen atoms in total. The van der Waals surface area contributed by atoms with E-state index in [0.29, 0.717) is 43.8 Å². The average molecular weight is 405 g/mol. The van der Waals surface area contributed by atoms with E-state index in [1.807, 2.05) is 24.3 Å². The minimum absolute atomic E-state index is 0.252. The van der Waals surface area contributed by atoms with Gasteiger partial charge in [-0.3, -0.25) is 0 Å². The molecule has 7 heteroatoms. The zero-order valence-electron chi connectivity index (χ0n) is 15.6. The molecule has 3 aromatic heterocycles. The van der Waals surface area contributed by atoms with Crippen LogP contribution < -0.4 is 5.63 Å². The standard InChI is InChI=1S/C22H15NO5S/c1-3-26-22(25)18-11(2)27-16-9-8-15-12(19(16)18)10-13(21(24)28-15)20-23-14-6-4-5-7-17(14)29-20/h4-10H,3H2,1-2H3. The van der Waals surface area contributed by atoms with Crippen LogP contribution in [-0.4, -0.2) is 17.6 Å². The molecule has 5 rings (SSSR count). The number of hydrogen-bond donors (Lipinski definition) is 0. The van der Waals surface area contributed by atoms with Crippen molar-refractivity contribution in [1.82, 2.24) is 4.98 Å². The monoisotopic (exact) mass is 405 g/mol. The summed E-state index contributed by atoms with van der Waals surface area (Å²) in [6, 6.07) is 12.8. The smallest absolute Gasteiger partial charge is 0.346 e. The molecule has 0 aliphatic rings. The minimum Gasteiger partial charge on any atom is -0.462 e. The maximum absolute atomic E-state index is 12.7. The molecule has 0 aliphatic heterocycles. The molecule has 0 bridgehead atoms. The SMILES string of the molecule is CCOC(=O)c1c(C)oc2ccc3oc(=O)c(-c4nc5ccccc5s4)cc3c12. The fourth-order valence-corrected chi connectivity index (χ4v) is 4.46. The number of fused-ring (bicyclic) bond motifs is 4. The molecule has 0 amide bonds. The van der Waals surface area contributed by atoms with E-state index in [2.05, 4.69) is 4.98 Å². The number of aromatic nitrogens is 1. The third-order valence-corrected chi connectivity index (χ3v) is 5.82. The third-order valence-electron chi connectivity index (χ3n) is 4.75. The zero-order valence-corrected chi connectivity index (χ0v) is 16.5. The van der Waals surface area contributed by atoms with Crippen LogP contribution in [0.2, 0.25) is 0 Å². The summed E-state index contributed by atoms with van der Waals surface area (Å²) in [5.74, 6) is -0.0114. The average Bonchev–Trinajstić information content (AvgIpc) is 3.27. The second-order valence-corrected chi connectivity index (χ2v) is 7.57. The Morgan fingerprint density at radius 1 is 1.14 bits per heavy atom. The Kier molecular flexibility index (Phi) is 3.99. The summed E-state index contributed by atoms with van der Waals surface area (Å²) >= 11 is 1.42. The number of nitrogens with zero attached hydrogens (tertiary/aromatic N) is 1. The van der Waals surface area contributed by atoms with Gasteiger partial charge < -0.3 is 13.6 Å². The van der Waals surface area contributed by atoms with Gasteiger partial charge in [0.1, 0.15) is 27.5 Å². The van der Waals surface area contributed by atoms with Crippen molar-refractivity contribution in [2.75, 3.05) is 6.61 Å². The summed E-state index contributed by atoms with van der Waals surface area (Å²) in [7, 11) is 0. The van der Waals surface area contributed by atoms with Crippen LogP contribution in [0.4, 0.5) is 0 Å². The summed E-state index contributed by atoms with van der Waals surface area (Å²) in [6.45, 7) is 3.71. The van der Waals surface area contributed by atoms with Gasteiger partial charge in [0.2, 0.25) is 0 Å². The number of benzene rings is 2. The lowest BCUT2D eigenvalue weighted by molar-refractivity contribution is 0.0526. The highest BCUT2D eigenvalue weighted by Gasteiger charge is 2.23. The number of carbonyl (C=O) groups is 1. The molecule has 0 saturated carbocycles. The van der Waals surface area contributed by atoms with Gasteiger partial charge >= 0.3 is 11.6 Å². The summed E-state index contributed by atoms with van der Waals surface area (Å²) in [4.78, 5) is 29.8. The summed E-state index contributed by atoms with van der Waals surface area (Å²) < 4.78 is 17.5. The van der Waals surface area contributed by atoms with Gasteiger partial charge in [0.25, 0.3) is 0 Å². The number of carbonyl (C=O) groups excluding carboxylic acids is 1. The molecule has 0 N–H and O–H groups in total. The van der Waals surface area contributed by atoms with Gasteiger partial charge in [0, 0.05) is 10.8 Å². The molecule has 0 aliphatic carbocycles. The molecule has 2 aromatic carbocycles. The summed E-state index contributed by atoms with van der Waals surface area (Å²) in [6.07, 6.45) is 0. The van der Waals surface area contributed by atoms with Crippen molar-refractivity contribution in [2.24, 2.45) is 0 Å². The van der Waals surface area contributed by atoms with Crippen LogP contribution in [0.5, 0.6) is 0 Å². The van der Waals surface area contributed by atoms with E-state index in [-0.39, 0.29) is 6.61 Å². The van der Waals surface area contributed by atoms with Gasteiger partial charge in [0.15, 0.2) is 0 Å². The highest BCUT2D eigenvalue weighted by Crippen LogP contribution is 2.35. The fraction of sp³-hybridized carbons (Fsp3) is 0.136. The zero-order chi connectivity index (χ0) is 20.1. The van der Waals surface area contributed by atoms with Gasteiger partial charge in [-0.25, -0.2) is 14.6 Å². The van der Waals surface area contributed by atoms with Crippen molar-refractivity contribution in [2.45, 2.75) is 13.8 Å². The van der Waals surface area contributed by atoms with Crippen LogP contribution in [0.15, 0.2) is 56.1 Å². The quantitative estimate of drug-likeness (QED) is 0.299. The number of furan rings is 1. The lowest BCUT2D eigenvalue weighted by Gasteiger charge is -2.04. The number of hydrogen-bond acceptors (Lipinski definition) is 7. The molecule has 0 fully saturated rings. The first-order valence-electron chi connectivity index (χ1n) is 9.10. The van der Waals surface area contributed by atoms with E-state index in [9.17, 15) is 9.59 Å². The van der Waals surface area contributed by atoms with Crippen molar-refractivity contribution in [3.63, 3.8) is 0 Å². The Balaban J connectivity index is 1.83. The Bertz CT molecular complexity index is 1440. The van der Waals surface area contributed by atoms with Crippen molar-refractivity contribution < 1.29 is 18.4 Å². The van der Waals surface area contributed by atoms with E-state index in [4.69, 9.17) is 13.6 Å². The van der Waals surface area contributed by atoms with Gasteiger partial charge in [-0.15, -0.1) is 11.3 Å². The molecule has 0 unspecified atom stereocenters. The molecular weight excluding hydrogens is 390 g/mol. The van der Waals surface area contributed by atoms with E-state index >= 15 is 0 Å². The third kappa shape index (κ3) is 2.74. The molecule has 3 heterocycles. The van der Waals surface area contributed by atoms with Gasteiger partial charge in [0.05, 0.1) is 22.4 Å². The van der Waals surface area contributed by atoms with Crippen molar-refractivity contribution in [3.8, 4) is 10.6 Å². The van der Waals surface area contributed by atoms with Crippen LogP contribution in [-0.2, 0) is 4.74 Å². The highest BCUT2D eigenvalue weighted by atomic mass is 32.1. The first kappa shape index (κ1) is 17.6. The predicted molar refractivity (Wildman–Crippen MR) is 112 cm³/mol. The molecule has 0 saturated heterocycles. The summed E-state index contributed by atoms with van der Waals surface area (Å²) in [5, 5.41) is 1.75. The normalized spacial score (nSPS) is 11.5. The number of rotatable bonds is 3. The molecule has 0 atom stereocenters. The molecule has 0 spiro atoms. The van der Waals surface area contributed by atoms with Crippen molar-refractivity contribution in [1.29, 1.82) is 0 Å². The topological polar surface area (TPSA) is 82.5 Å². The first-order chi connectivity index (χ1) is 14.1. The van der Waals surface area contributed by atoms with E-state index < -0.39 is 11.6 Å². The van der Waals surface area contributed by atoms with Crippen molar-refractivity contribution in [3.05, 3.63) is 64.2 Å². The van der Waals surface area contributed by atoms with Gasteiger partial charge in [-0.05, 0) is 44.2 Å². The fourth-order valence-electron chi connectivity index (χ4n) is 3.49. The number of aryl methyl sites for hydroxylation is 1. The summed E-state index contributed by atoms with van der Waals surface area (Å²) in [5.41, 5.74) is 1.93.